The number of nitrogens with one attached hydrogen (secondary N) is 1. The Morgan fingerprint density at radius 2 is 1.74 bits per heavy atom. The summed E-state index contributed by atoms with van der Waals surface area (Å²) in [6.45, 7) is 1.49. The molecule has 0 unspecified atom stereocenters. The SMILES string of the molecule is C[C@]1(C(=O)N2CCN(CC(=O)O)C(=O)[C@@H]2CCC(=O)O)CC[C@H](NC(=O)CN)CC1.Cl. The molecule has 5 N–H and O–H groups in total. The van der Waals surface area contributed by atoms with E-state index in [-0.39, 0.29) is 62.7 Å². The van der Waals surface area contributed by atoms with Crippen molar-refractivity contribution < 1.29 is 34.2 Å². The molecule has 12 heteroatoms. The van der Waals surface area contributed by atoms with E-state index in [1.54, 1.807) is 0 Å². The number of rotatable bonds is 8. The summed E-state index contributed by atoms with van der Waals surface area (Å²) in [6.07, 6.45) is 1.85. The van der Waals surface area contributed by atoms with Crippen molar-refractivity contribution in [2.24, 2.45) is 11.1 Å². The summed E-state index contributed by atoms with van der Waals surface area (Å²) >= 11 is 0. The lowest BCUT2D eigenvalue weighted by Gasteiger charge is -2.45. The maximum absolute atomic E-state index is 13.4. The van der Waals surface area contributed by atoms with Crippen LogP contribution in [0.4, 0.5) is 0 Å². The number of amides is 3. The average molecular weight is 463 g/mol. The smallest absolute Gasteiger partial charge is 0.323 e. The molecule has 1 saturated carbocycles. The van der Waals surface area contributed by atoms with Crippen LogP contribution in [0.3, 0.4) is 0 Å². The topological polar surface area (TPSA) is 170 Å². The summed E-state index contributed by atoms with van der Waals surface area (Å²) in [5, 5.41) is 20.9. The molecule has 0 aromatic heterocycles. The highest BCUT2D eigenvalue weighted by molar-refractivity contribution is 5.92. The van der Waals surface area contributed by atoms with Gasteiger partial charge in [-0.2, -0.15) is 0 Å². The molecule has 3 amide bonds. The van der Waals surface area contributed by atoms with Crippen LogP contribution in [-0.2, 0) is 24.0 Å². The summed E-state index contributed by atoms with van der Waals surface area (Å²) in [5.74, 6) is -3.27. The predicted octanol–water partition coefficient (Wildman–Crippen LogP) is -0.579. The molecule has 0 aromatic carbocycles. The lowest BCUT2D eigenvalue weighted by atomic mass is 9.72. The van der Waals surface area contributed by atoms with Gasteiger partial charge in [-0.15, -0.1) is 12.4 Å². The van der Waals surface area contributed by atoms with Gasteiger partial charge < -0.3 is 31.1 Å². The Labute approximate surface area is 186 Å². The molecule has 1 heterocycles. The minimum absolute atomic E-state index is 0. The van der Waals surface area contributed by atoms with Crippen LogP contribution in [0.25, 0.3) is 0 Å². The molecule has 0 aromatic rings. The van der Waals surface area contributed by atoms with Crippen molar-refractivity contribution in [1.82, 2.24) is 15.1 Å². The molecule has 2 aliphatic rings. The number of carbonyl (C=O) groups is 5. The van der Waals surface area contributed by atoms with Crippen LogP contribution in [0.15, 0.2) is 0 Å². The Kier molecular flexibility index (Phi) is 9.70. The van der Waals surface area contributed by atoms with Gasteiger partial charge in [-0.3, -0.25) is 24.0 Å². The lowest BCUT2D eigenvalue weighted by Crippen LogP contribution is -2.62. The molecule has 1 atom stereocenters. The summed E-state index contributed by atoms with van der Waals surface area (Å²) in [4.78, 5) is 62.3. The Hall–Kier alpha value is -2.40. The molecule has 11 nitrogen and oxygen atoms in total. The van der Waals surface area contributed by atoms with Gasteiger partial charge in [0.2, 0.25) is 17.7 Å². The molecular formula is C19H31ClN4O7. The molecule has 0 radical (unpaired) electrons. The number of hydrogen-bond donors (Lipinski definition) is 4. The van der Waals surface area contributed by atoms with E-state index in [2.05, 4.69) is 5.32 Å². The van der Waals surface area contributed by atoms with Crippen LogP contribution in [-0.4, -0.2) is 87.9 Å². The van der Waals surface area contributed by atoms with E-state index in [1.807, 2.05) is 6.92 Å². The third-order valence-corrected chi connectivity index (χ3v) is 5.96. The summed E-state index contributed by atoms with van der Waals surface area (Å²) in [5.41, 5.74) is 4.58. The van der Waals surface area contributed by atoms with E-state index in [4.69, 9.17) is 15.9 Å². The lowest BCUT2D eigenvalue weighted by molar-refractivity contribution is -0.161. The minimum atomic E-state index is -1.16. The number of hydrogen-bond acceptors (Lipinski definition) is 6. The van der Waals surface area contributed by atoms with E-state index in [9.17, 15) is 24.0 Å². The van der Waals surface area contributed by atoms with Crippen LogP contribution >= 0.6 is 12.4 Å². The first-order valence-corrected chi connectivity index (χ1v) is 10.1. The van der Waals surface area contributed by atoms with Gasteiger partial charge in [0, 0.05) is 31.0 Å². The predicted molar refractivity (Wildman–Crippen MR) is 111 cm³/mol. The Morgan fingerprint density at radius 1 is 1.13 bits per heavy atom. The zero-order valence-electron chi connectivity index (χ0n) is 17.5. The average Bonchev–Trinajstić information content (AvgIpc) is 2.69. The largest absolute Gasteiger partial charge is 0.481 e. The zero-order chi connectivity index (χ0) is 22.5. The zero-order valence-corrected chi connectivity index (χ0v) is 18.4. The van der Waals surface area contributed by atoms with Gasteiger partial charge in [-0.25, -0.2) is 0 Å². The summed E-state index contributed by atoms with van der Waals surface area (Å²) < 4.78 is 0. The van der Waals surface area contributed by atoms with E-state index in [0.717, 1.165) is 4.90 Å². The van der Waals surface area contributed by atoms with Crippen LogP contribution in [0, 0.1) is 5.41 Å². The van der Waals surface area contributed by atoms with Crippen molar-refractivity contribution >= 4 is 42.1 Å². The number of carboxylic acids is 2. The first-order valence-electron chi connectivity index (χ1n) is 10.1. The van der Waals surface area contributed by atoms with Gasteiger partial charge in [0.1, 0.15) is 12.6 Å². The van der Waals surface area contributed by atoms with E-state index < -0.39 is 35.8 Å². The van der Waals surface area contributed by atoms with Gasteiger partial charge in [-0.1, -0.05) is 6.92 Å². The standard InChI is InChI=1S/C19H30N4O7.ClH/c1-19(6-4-12(5-7-19)21-14(24)10-20)18(30)23-9-8-22(11-16(27)28)17(29)13(23)2-3-15(25)26;/h12-13H,2-11,20H2,1H3,(H,21,24)(H,25,26)(H,27,28);1H/t12-,13-,19-;/m0./s1. The van der Waals surface area contributed by atoms with Crippen LogP contribution < -0.4 is 11.1 Å². The van der Waals surface area contributed by atoms with Gasteiger partial charge in [-0.05, 0) is 32.1 Å². The highest BCUT2D eigenvalue weighted by Crippen LogP contribution is 2.39. The number of nitrogens with two attached hydrogens (primary N) is 1. The number of carbonyl (C=O) groups excluding carboxylic acids is 3. The van der Waals surface area contributed by atoms with Crippen molar-refractivity contribution in [2.75, 3.05) is 26.2 Å². The van der Waals surface area contributed by atoms with Gasteiger partial charge in [0.15, 0.2) is 0 Å². The first kappa shape index (κ1) is 26.6. The second-order valence-corrected chi connectivity index (χ2v) is 8.21. The van der Waals surface area contributed by atoms with Crippen molar-refractivity contribution in [3.8, 4) is 0 Å². The molecule has 2 fully saturated rings. The van der Waals surface area contributed by atoms with Crippen LogP contribution in [0.5, 0.6) is 0 Å². The Balaban J connectivity index is 0.00000480. The van der Waals surface area contributed by atoms with Crippen molar-refractivity contribution in [1.29, 1.82) is 0 Å². The number of carboxylic acid groups (broad SMARTS) is 2. The Morgan fingerprint density at radius 3 is 2.26 bits per heavy atom. The monoisotopic (exact) mass is 462 g/mol. The highest BCUT2D eigenvalue weighted by atomic mass is 35.5. The molecule has 1 aliphatic heterocycles. The van der Waals surface area contributed by atoms with Gasteiger partial charge in [0.25, 0.3) is 0 Å². The third-order valence-electron chi connectivity index (χ3n) is 5.96. The molecular weight excluding hydrogens is 432 g/mol. The molecule has 2 rings (SSSR count). The second-order valence-electron chi connectivity index (χ2n) is 8.21. The number of nitrogens with zero attached hydrogens (tertiary/aromatic N) is 2. The van der Waals surface area contributed by atoms with Crippen molar-refractivity contribution in [2.45, 2.75) is 57.5 Å². The minimum Gasteiger partial charge on any atom is -0.481 e. The fourth-order valence-electron chi connectivity index (χ4n) is 4.19. The highest BCUT2D eigenvalue weighted by Gasteiger charge is 2.46. The maximum Gasteiger partial charge on any atom is 0.323 e. The van der Waals surface area contributed by atoms with E-state index in [0.29, 0.717) is 25.7 Å². The fourth-order valence-corrected chi connectivity index (χ4v) is 4.19. The maximum atomic E-state index is 13.4. The molecule has 176 valence electrons. The van der Waals surface area contributed by atoms with Crippen molar-refractivity contribution in [3.63, 3.8) is 0 Å². The summed E-state index contributed by atoms with van der Waals surface area (Å²) in [7, 11) is 0. The Bertz CT molecular complexity index is 709. The quantitative estimate of drug-likeness (QED) is 0.371. The molecule has 1 saturated heterocycles. The third kappa shape index (κ3) is 6.79. The fraction of sp³-hybridized carbons (Fsp3) is 0.737. The first-order chi connectivity index (χ1) is 14.1. The molecule has 1 aliphatic carbocycles. The van der Waals surface area contributed by atoms with E-state index >= 15 is 0 Å². The second kappa shape index (κ2) is 11.3. The molecule has 0 bridgehead atoms. The number of aliphatic carboxylic acids is 2. The van der Waals surface area contributed by atoms with Crippen LogP contribution in [0.2, 0.25) is 0 Å². The van der Waals surface area contributed by atoms with Crippen molar-refractivity contribution in [3.05, 3.63) is 0 Å². The van der Waals surface area contributed by atoms with Crippen LogP contribution in [0.1, 0.15) is 45.4 Å². The van der Waals surface area contributed by atoms with Gasteiger partial charge in [0.05, 0.1) is 6.54 Å². The van der Waals surface area contributed by atoms with Gasteiger partial charge >= 0.3 is 11.9 Å². The normalized spacial score (nSPS) is 26.1. The summed E-state index contributed by atoms with van der Waals surface area (Å²) in [6, 6.07) is -1.05. The molecule has 0 spiro atoms. The number of halogens is 1. The van der Waals surface area contributed by atoms with E-state index in [1.165, 1.54) is 4.90 Å². The number of piperazine rings is 1. The molecule has 31 heavy (non-hydrogen) atoms.